The number of rotatable bonds is 6. The number of nitrogens with zero attached hydrogens (tertiary/aromatic N) is 2. The minimum atomic E-state index is -0.311. The van der Waals surface area contributed by atoms with Crippen molar-refractivity contribution in [1.29, 1.82) is 0 Å². The standard InChI is InChI=1S/C48H38F2N2O2/c1-29(2)43-45(31-21-25-33(49)26-22-31)47(51-35-13-5-9-17-39(35)53-40-18-10-6-14-36(40)51)44(30(3)4)48(46(43)32-23-27-34(50)28-24-32)52-37-15-7-11-19-41(37)54-42-20-12-8-16-38(42)52/h5-30H,1-4H3. The van der Waals surface area contributed by atoms with Gasteiger partial charge in [-0.2, -0.15) is 0 Å². The maximum Gasteiger partial charge on any atom is 0.151 e. The quantitative estimate of drug-likeness (QED) is 0.171. The van der Waals surface area contributed by atoms with E-state index in [1.54, 1.807) is 0 Å². The number of benzene rings is 7. The van der Waals surface area contributed by atoms with Gasteiger partial charge in [0.05, 0.1) is 34.1 Å². The highest BCUT2D eigenvalue weighted by Crippen LogP contribution is 2.62. The molecule has 0 amide bonds. The normalized spacial score (nSPS) is 12.8. The predicted octanol–water partition coefficient (Wildman–Crippen LogP) is 14.7. The summed E-state index contributed by atoms with van der Waals surface area (Å²) < 4.78 is 42.7. The molecule has 0 unspecified atom stereocenters. The average Bonchev–Trinajstić information content (AvgIpc) is 3.18. The molecule has 6 heteroatoms. The molecular weight excluding hydrogens is 675 g/mol. The number of ether oxygens (including phenoxy) is 2. The number of fused-ring (bicyclic) bond motifs is 4. The van der Waals surface area contributed by atoms with E-state index in [1.807, 2.05) is 97.1 Å². The van der Waals surface area contributed by atoms with Crippen molar-refractivity contribution in [3.05, 3.63) is 168 Å². The molecule has 54 heavy (non-hydrogen) atoms. The summed E-state index contributed by atoms with van der Waals surface area (Å²) >= 11 is 0. The zero-order valence-electron chi connectivity index (χ0n) is 30.5. The Morgan fingerprint density at radius 1 is 0.389 bits per heavy atom. The van der Waals surface area contributed by atoms with Gasteiger partial charge in [0.15, 0.2) is 23.0 Å². The fourth-order valence-corrected chi connectivity index (χ4v) is 8.06. The Morgan fingerprint density at radius 2 is 0.685 bits per heavy atom. The smallest absolute Gasteiger partial charge is 0.151 e. The number of anilines is 6. The maximum absolute atomic E-state index is 14.8. The summed E-state index contributed by atoms with van der Waals surface area (Å²) in [7, 11) is 0. The Labute approximate surface area is 314 Å². The number of hydrogen-bond donors (Lipinski definition) is 0. The Balaban J connectivity index is 1.55. The molecule has 2 heterocycles. The van der Waals surface area contributed by atoms with Gasteiger partial charge in [0.2, 0.25) is 0 Å². The molecular formula is C48H38F2N2O2. The maximum atomic E-state index is 14.8. The van der Waals surface area contributed by atoms with Crippen LogP contribution in [0.2, 0.25) is 0 Å². The van der Waals surface area contributed by atoms with Crippen LogP contribution in [0.5, 0.6) is 23.0 Å². The molecule has 4 nitrogen and oxygen atoms in total. The summed E-state index contributed by atoms with van der Waals surface area (Å²) in [6, 6.07) is 46.0. The fraction of sp³-hybridized carbons (Fsp3) is 0.125. The summed E-state index contributed by atoms with van der Waals surface area (Å²) in [6.45, 7) is 8.83. The molecule has 266 valence electrons. The summed E-state index contributed by atoms with van der Waals surface area (Å²) in [6.07, 6.45) is 0. The second-order valence-electron chi connectivity index (χ2n) is 14.3. The molecule has 0 N–H and O–H groups in total. The second kappa shape index (κ2) is 13.2. The first-order chi connectivity index (χ1) is 26.3. The Bertz CT molecular complexity index is 2290. The van der Waals surface area contributed by atoms with Crippen molar-refractivity contribution in [2.24, 2.45) is 0 Å². The largest absolute Gasteiger partial charge is 0.453 e. The van der Waals surface area contributed by atoms with Gasteiger partial charge in [0, 0.05) is 16.7 Å². The molecule has 2 aliphatic rings. The SMILES string of the molecule is CC(C)c1c(-c2ccc(F)cc2)c(N2c3ccccc3Oc3ccccc32)c(C(C)C)c(N2c3ccccc3Oc3ccccc32)c1-c1ccc(F)cc1. The van der Waals surface area contributed by atoms with Crippen LogP contribution in [0.1, 0.15) is 50.7 Å². The van der Waals surface area contributed by atoms with Gasteiger partial charge in [-0.1, -0.05) is 100 Å². The molecule has 9 rings (SSSR count). The van der Waals surface area contributed by atoms with Gasteiger partial charge in [-0.05, 0) is 101 Å². The molecule has 0 saturated carbocycles. The Kier molecular flexibility index (Phi) is 8.19. The summed E-state index contributed by atoms with van der Waals surface area (Å²) in [5.74, 6) is 2.20. The molecule has 2 aliphatic heterocycles. The first-order valence-electron chi connectivity index (χ1n) is 18.4. The van der Waals surface area contributed by atoms with Crippen molar-refractivity contribution in [1.82, 2.24) is 0 Å². The van der Waals surface area contributed by atoms with Crippen molar-refractivity contribution in [2.45, 2.75) is 39.5 Å². The lowest BCUT2D eigenvalue weighted by Crippen LogP contribution is -2.24. The van der Waals surface area contributed by atoms with Gasteiger partial charge < -0.3 is 19.3 Å². The van der Waals surface area contributed by atoms with Crippen molar-refractivity contribution in [3.8, 4) is 45.3 Å². The molecule has 0 spiro atoms. The third kappa shape index (κ3) is 5.40. The monoisotopic (exact) mass is 712 g/mol. The average molecular weight is 713 g/mol. The van der Waals surface area contributed by atoms with E-state index in [-0.39, 0.29) is 23.5 Å². The van der Waals surface area contributed by atoms with Crippen molar-refractivity contribution >= 4 is 34.1 Å². The van der Waals surface area contributed by atoms with Crippen molar-refractivity contribution < 1.29 is 18.3 Å². The van der Waals surface area contributed by atoms with Gasteiger partial charge in [-0.15, -0.1) is 0 Å². The minimum Gasteiger partial charge on any atom is -0.453 e. The van der Waals surface area contributed by atoms with Crippen molar-refractivity contribution in [3.63, 3.8) is 0 Å². The summed E-state index contributed by atoms with van der Waals surface area (Å²) in [4.78, 5) is 4.65. The van der Waals surface area contributed by atoms with Gasteiger partial charge in [0.25, 0.3) is 0 Å². The van der Waals surface area contributed by atoms with Crippen LogP contribution in [0.3, 0.4) is 0 Å². The van der Waals surface area contributed by atoms with Crippen LogP contribution in [-0.4, -0.2) is 0 Å². The molecule has 0 aromatic heterocycles. The lowest BCUT2D eigenvalue weighted by Gasteiger charge is -2.42. The molecule has 0 saturated heterocycles. The second-order valence-corrected chi connectivity index (χ2v) is 14.3. The Hall–Kier alpha value is -6.40. The van der Waals surface area contributed by atoms with E-state index >= 15 is 0 Å². The summed E-state index contributed by atoms with van der Waals surface area (Å²) in [5.41, 5.74) is 11.3. The summed E-state index contributed by atoms with van der Waals surface area (Å²) in [5, 5.41) is 0. The molecule has 0 fully saturated rings. The van der Waals surface area contributed by atoms with Gasteiger partial charge in [-0.3, -0.25) is 0 Å². The highest BCUT2D eigenvalue weighted by molar-refractivity contribution is 6.06. The Morgan fingerprint density at radius 3 is 0.981 bits per heavy atom. The van der Waals surface area contributed by atoms with E-state index in [0.29, 0.717) is 0 Å². The third-order valence-corrected chi connectivity index (χ3v) is 10.3. The van der Waals surface area contributed by atoms with Gasteiger partial charge >= 0.3 is 0 Å². The molecule has 0 atom stereocenters. The third-order valence-electron chi connectivity index (χ3n) is 10.3. The number of para-hydroxylation sites is 8. The van der Waals surface area contributed by atoms with Crippen LogP contribution in [0, 0.1) is 11.6 Å². The highest BCUT2D eigenvalue weighted by atomic mass is 19.1. The molecule has 0 aliphatic carbocycles. The highest BCUT2D eigenvalue weighted by Gasteiger charge is 2.39. The first-order valence-corrected chi connectivity index (χ1v) is 18.4. The van der Waals surface area contributed by atoms with E-state index < -0.39 is 0 Å². The van der Waals surface area contributed by atoms with Crippen LogP contribution in [0.15, 0.2) is 146 Å². The molecule has 7 aromatic carbocycles. The molecule has 0 radical (unpaired) electrons. The molecule has 0 bridgehead atoms. The number of halogens is 2. The lowest BCUT2D eigenvalue weighted by molar-refractivity contribution is 0.476. The van der Waals surface area contributed by atoms with Crippen LogP contribution in [0.25, 0.3) is 22.3 Å². The first kappa shape index (κ1) is 33.4. The predicted molar refractivity (Wildman–Crippen MR) is 215 cm³/mol. The van der Waals surface area contributed by atoms with E-state index in [1.165, 1.54) is 24.3 Å². The minimum absolute atomic E-state index is 0.0399. The van der Waals surface area contributed by atoms with Crippen LogP contribution >= 0.6 is 0 Å². The zero-order chi connectivity index (χ0) is 37.1. The topological polar surface area (TPSA) is 24.9 Å². The van der Waals surface area contributed by atoms with Crippen LogP contribution < -0.4 is 19.3 Å². The number of hydrogen-bond acceptors (Lipinski definition) is 4. The van der Waals surface area contributed by atoms with Crippen molar-refractivity contribution in [2.75, 3.05) is 9.80 Å². The van der Waals surface area contributed by atoms with Gasteiger partial charge in [0.1, 0.15) is 11.6 Å². The van der Waals surface area contributed by atoms with E-state index in [9.17, 15) is 8.78 Å². The van der Waals surface area contributed by atoms with Crippen LogP contribution in [-0.2, 0) is 0 Å². The fourth-order valence-electron chi connectivity index (χ4n) is 8.06. The van der Waals surface area contributed by atoms with Crippen LogP contribution in [0.4, 0.5) is 42.9 Å². The molecule has 7 aromatic rings. The van der Waals surface area contributed by atoms with E-state index in [4.69, 9.17) is 9.47 Å². The van der Waals surface area contributed by atoms with E-state index in [0.717, 1.165) is 90.5 Å². The van der Waals surface area contributed by atoms with E-state index in [2.05, 4.69) is 61.8 Å². The zero-order valence-corrected chi connectivity index (χ0v) is 30.5. The van der Waals surface area contributed by atoms with Gasteiger partial charge in [-0.25, -0.2) is 8.78 Å². The lowest BCUT2D eigenvalue weighted by atomic mass is 9.78.